The Morgan fingerprint density at radius 2 is 2.04 bits per heavy atom. The van der Waals surface area contributed by atoms with Gasteiger partial charge in [-0.2, -0.15) is 0 Å². The molecule has 0 saturated heterocycles. The Kier molecular flexibility index (Phi) is 8.49. The number of benzene rings is 1. The average Bonchev–Trinajstić information content (AvgIpc) is 3.00. The molecule has 0 atom stereocenters. The monoisotopic (exact) mass is 349 g/mol. The van der Waals surface area contributed by atoms with E-state index in [4.69, 9.17) is 14.6 Å². The van der Waals surface area contributed by atoms with Crippen LogP contribution in [0.4, 0.5) is 0 Å². The number of likely N-dealkylation sites (N-methyl/N-ethyl adjacent to an activating group) is 1. The largest absolute Gasteiger partial charge is 0.484 e. The number of ether oxygens (including phenoxy) is 1. The molecule has 0 saturated carbocycles. The molecule has 25 heavy (non-hydrogen) atoms. The van der Waals surface area contributed by atoms with Gasteiger partial charge < -0.3 is 25.0 Å². The van der Waals surface area contributed by atoms with Crippen molar-refractivity contribution in [2.45, 2.75) is 26.8 Å². The Morgan fingerprint density at radius 1 is 1.36 bits per heavy atom. The summed E-state index contributed by atoms with van der Waals surface area (Å²) in [5, 5.41) is 11.5. The second kappa shape index (κ2) is 10.4. The summed E-state index contributed by atoms with van der Waals surface area (Å²) in [7, 11) is 3.45. The summed E-state index contributed by atoms with van der Waals surface area (Å²) in [6.45, 7) is 5.72. The molecule has 0 bridgehead atoms. The van der Waals surface area contributed by atoms with Crippen molar-refractivity contribution in [2.75, 3.05) is 27.2 Å². The lowest BCUT2D eigenvalue weighted by Crippen LogP contribution is -2.27. The van der Waals surface area contributed by atoms with E-state index in [0.29, 0.717) is 0 Å². The Bertz CT molecular complexity index is 695. The van der Waals surface area contributed by atoms with Gasteiger partial charge in [0.1, 0.15) is 5.75 Å². The fourth-order valence-electron chi connectivity index (χ4n) is 2.51. The Hall–Kier alpha value is -2.54. The van der Waals surface area contributed by atoms with Crippen LogP contribution in [0.2, 0.25) is 0 Å². The van der Waals surface area contributed by atoms with Crippen LogP contribution in [0.3, 0.4) is 0 Å². The van der Waals surface area contributed by atoms with Gasteiger partial charge in [-0.3, -0.25) is 9.59 Å². The molecule has 0 aliphatic carbocycles. The molecule has 3 rings (SSSR count). The van der Waals surface area contributed by atoms with Gasteiger partial charge in [-0.05, 0) is 36.7 Å². The highest BCUT2D eigenvalue weighted by Gasteiger charge is 2.15. The quantitative estimate of drug-likeness (QED) is 0.737. The smallest absolute Gasteiger partial charge is 0.290 e. The van der Waals surface area contributed by atoms with Gasteiger partial charge in [-0.25, -0.2) is 0 Å². The molecule has 1 aromatic carbocycles. The van der Waals surface area contributed by atoms with Crippen LogP contribution >= 0.6 is 0 Å². The van der Waals surface area contributed by atoms with Crippen LogP contribution in [0.25, 0.3) is 10.9 Å². The molecule has 2 aromatic rings. The zero-order chi connectivity index (χ0) is 18.8. The van der Waals surface area contributed by atoms with Crippen molar-refractivity contribution in [1.29, 1.82) is 0 Å². The van der Waals surface area contributed by atoms with Crippen LogP contribution in [0, 0.1) is 0 Å². The van der Waals surface area contributed by atoms with Crippen LogP contribution in [0.1, 0.15) is 25.1 Å². The van der Waals surface area contributed by atoms with E-state index in [-0.39, 0.29) is 19.0 Å². The number of hydrogen-bond donors (Lipinski definition) is 3. The lowest BCUT2D eigenvalue weighted by molar-refractivity contribution is -0.130. The summed E-state index contributed by atoms with van der Waals surface area (Å²) in [6.07, 6.45) is 1.02. The zero-order valence-electron chi connectivity index (χ0n) is 15.3. The van der Waals surface area contributed by atoms with Gasteiger partial charge in [-0.15, -0.1) is 0 Å². The molecule has 3 N–H and O–H groups in total. The number of carbonyl (C=O) groups excluding carboxylic acids is 1. The highest BCUT2D eigenvalue weighted by atomic mass is 16.5. The summed E-state index contributed by atoms with van der Waals surface area (Å²) in [6, 6.07) is 5.95. The highest BCUT2D eigenvalue weighted by molar-refractivity contribution is 5.86. The van der Waals surface area contributed by atoms with Gasteiger partial charge >= 0.3 is 0 Å². The van der Waals surface area contributed by atoms with Crippen LogP contribution in [0.15, 0.2) is 18.2 Å². The van der Waals surface area contributed by atoms with Crippen molar-refractivity contribution >= 4 is 23.3 Å². The summed E-state index contributed by atoms with van der Waals surface area (Å²) >= 11 is 0. The van der Waals surface area contributed by atoms with Crippen LogP contribution in [-0.4, -0.2) is 54.6 Å². The van der Waals surface area contributed by atoms with E-state index < -0.39 is 0 Å². The number of nitrogens with zero attached hydrogens (tertiary/aromatic N) is 1. The number of H-pyrrole nitrogens is 1. The lowest BCUT2D eigenvalue weighted by atomic mass is 10.0. The molecule has 1 aliphatic rings. The molecule has 0 radical (unpaired) electrons. The topological polar surface area (TPSA) is 94.7 Å². The summed E-state index contributed by atoms with van der Waals surface area (Å²) in [5.41, 5.74) is 3.75. The van der Waals surface area contributed by atoms with Gasteiger partial charge in [-0.1, -0.05) is 13.8 Å². The number of amides is 1. The third kappa shape index (κ3) is 5.49. The maximum atomic E-state index is 11.5. The highest BCUT2D eigenvalue weighted by Crippen LogP contribution is 2.28. The van der Waals surface area contributed by atoms with Gasteiger partial charge in [0.05, 0.1) is 0 Å². The second-order valence-electron chi connectivity index (χ2n) is 5.40. The normalized spacial score (nSPS) is 12.0. The van der Waals surface area contributed by atoms with Crippen LogP contribution in [0.5, 0.6) is 5.75 Å². The number of aromatic amines is 1. The fourth-order valence-corrected chi connectivity index (χ4v) is 2.51. The molecule has 2 heterocycles. The number of carbonyl (C=O) groups is 2. The maximum Gasteiger partial charge on any atom is 0.290 e. The van der Waals surface area contributed by atoms with Crippen molar-refractivity contribution in [1.82, 2.24) is 15.2 Å². The van der Waals surface area contributed by atoms with E-state index >= 15 is 0 Å². The maximum absolute atomic E-state index is 11.5. The first-order valence-electron chi connectivity index (χ1n) is 8.31. The first-order chi connectivity index (χ1) is 12.1. The van der Waals surface area contributed by atoms with E-state index in [1.165, 1.54) is 21.5 Å². The van der Waals surface area contributed by atoms with Crippen molar-refractivity contribution in [3.05, 3.63) is 29.5 Å². The van der Waals surface area contributed by atoms with Crippen molar-refractivity contribution < 1.29 is 19.4 Å². The first-order valence-corrected chi connectivity index (χ1v) is 8.31. The molecule has 138 valence electrons. The van der Waals surface area contributed by atoms with Gasteiger partial charge in [0.25, 0.3) is 12.4 Å². The molecule has 7 heteroatoms. The third-order valence-electron chi connectivity index (χ3n) is 3.68. The minimum atomic E-state index is -0.250. The molecule has 0 fully saturated rings. The molecule has 7 nitrogen and oxygen atoms in total. The third-order valence-corrected chi connectivity index (χ3v) is 3.68. The summed E-state index contributed by atoms with van der Waals surface area (Å²) < 4.78 is 5.58. The van der Waals surface area contributed by atoms with Crippen LogP contribution in [-0.2, 0) is 22.6 Å². The molecular weight excluding hydrogens is 322 g/mol. The van der Waals surface area contributed by atoms with E-state index in [0.717, 1.165) is 30.8 Å². The van der Waals surface area contributed by atoms with Crippen molar-refractivity contribution in [2.24, 2.45) is 0 Å². The van der Waals surface area contributed by atoms with Crippen molar-refractivity contribution in [3.63, 3.8) is 0 Å². The van der Waals surface area contributed by atoms with Crippen LogP contribution < -0.4 is 10.1 Å². The molecule has 0 spiro atoms. The molecule has 1 amide bonds. The molecule has 0 unspecified atom stereocenters. The van der Waals surface area contributed by atoms with E-state index in [2.05, 4.69) is 10.3 Å². The van der Waals surface area contributed by atoms with Gasteiger partial charge in [0.2, 0.25) is 0 Å². The number of nitrogens with one attached hydrogen (secondary N) is 2. The van der Waals surface area contributed by atoms with Crippen molar-refractivity contribution in [3.8, 4) is 5.75 Å². The molecular formula is C18H27N3O4. The Labute approximate surface area is 148 Å². The fraction of sp³-hybridized carbons (Fsp3) is 0.444. The van der Waals surface area contributed by atoms with E-state index in [1.807, 2.05) is 32.0 Å². The zero-order valence-corrected chi connectivity index (χ0v) is 15.3. The minimum Gasteiger partial charge on any atom is -0.484 e. The lowest BCUT2D eigenvalue weighted by Gasteiger charge is -2.13. The first kappa shape index (κ1) is 20.5. The van der Waals surface area contributed by atoms with Gasteiger partial charge in [0.15, 0.2) is 6.61 Å². The summed E-state index contributed by atoms with van der Waals surface area (Å²) in [5.74, 6) is 0.707. The van der Waals surface area contributed by atoms with E-state index in [9.17, 15) is 4.79 Å². The predicted molar refractivity (Wildman–Crippen MR) is 97.9 cm³/mol. The number of carboxylic acid groups (broad SMARTS) is 1. The number of hydrogen-bond acceptors (Lipinski definition) is 4. The number of aromatic nitrogens is 1. The molecule has 1 aliphatic heterocycles. The average molecular weight is 349 g/mol. The SMILES string of the molecule is CC.CN(C)C(=O)COc1ccc2[nH]c3c(c2c1)CCNC3.O=CO. The Balaban J connectivity index is 0.000000567. The molecule has 1 aromatic heterocycles. The standard InChI is InChI=1S/C15H19N3O2.C2H6.CH2O2/c1-18(2)15(19)9-20-10-3-4-13-12(7-10)11-5-6-16-8-14(11)17-13;1-2;2-1-3/h3-4,7,16-17H,5-6,8-9H2,1-2H3;1-2H3;1H,(H,2,3). The number of rotatable bonds is 3. The predicted octanol–water partition coefficient (Wildman–Crippen LogP) is 2.01. The Morgan fingerprint density at radius 3 is 2.68 bits per heavy atom. The summed E-state index contributed by atoms with van der Waals surface area (Å²) in [4.78, 5) is 24.9. The van der Waals surface area contributed by atoms with E-state index in [1.54, 1.807) is 14.1 Å². The van der Waals surface area contributed by atoms with Gasteiger partial charge in [0, 0.05) is 37.2 Å². The number of fused-ring (bicyclic) bond motifs is 3. The minimum absolute atomic E-state index is 0.0367. The second-order valence-corrected chi connectivity index (χ2v) is 5.40.